The minimum Gasteiger partial charge on any atom is -0.383 e. The van der Waals surface area contributed by atoms with Crippen LogP contribution in [-0.4, -0.2) is 37.3 Å². The van der Waals surface area contributed by atoms with Crippen molar-refractivity contribution in [3.63, 3.8) is 0 Å². The fraction of sp³-hybridized carbons (Fsp3) is 0.706. The summed E-state index contributed by atoms with van der Waals surface area (Å²) in [6, 6.07) is 4.26. The van der Waals surface area contributed by atoms with Gasteiger partial charge in [-0.05, 0) is 38.3 Å². The fourth-order valence-electron chi connectivity index (χ4n) is 2.02. The molecule has 1 aromatic rings. The lowest BCUT2D eigenvalue weighted by molar-refractivity contribution is 0.204. The second-order valence-electron chi connectivity index (χ2n) is 6.96. The van der Waals surface area contributed by atoms with Crippen molar-refractivity contribution in [1.29, 1.82) is 0 Å². The average Bonchev–Trinajstić information content (AvgIpc) is 2.40. The Morgan fingerprint density at radius 3 is 2.48 bits per heavy atom. The summed E-state index contributed by atoms with van der Waals surface area (Å²) in [4.78, 5) is 6.90. The average molecular weight is 293 g/mol. The van der Waals surface area contributed by atoms with E-state index in [1.165, 1.54) is 5.56 Å². The summed E-state index contributed by atoms with van der Waals surface area (Å²) in [5, 5.41) is 3.48. The first-order valence-electron chi connectivity index (χ1n) is 7.75. The lowest BCUT2D eigenvalue weighted by atomic mass is 10.1. The van der Waals surface area contributed by atoms with Gasteiger partial charge in [-0.3, -0.25) is 0 Å². The predicted molar refractivity (Wildman–Crippen MR) is 89.8 cm³/mol. The summed E-state index contributed by atoms with van der Waals surface area (Å²) in [5.74, 6) is 1.63. The first-order valence-corrected chi connectivity index (χ1v) is 7.75. The lowest BCUT2D eigenvalue weighted by Gasteiger charge is -2.25. The Bertz CT molecular complexity index is 395. The number of hydrogen-bond acceptors (Lipinski definition) is 4. The maximum absolute atomic E-state index is 5.20. The largest absolute Gasteiger partial charge is 0.383 e. The molecule has 0 radical (unpaired) electrons. The van der Waals surface area contributed by atoms with Crippen molar-refractivity contribution >= 4 is 5.82 Å². The molecule has 21 heavy (non-hydrogen) atoms. The highest BCUT2D eigenvalue weighted by molar-refractivity contribution is 5.39. The summed E-state index contributed by atoms with van der Waals surface area (Å²) < 4.78 is 5.20. The van der Waals surface area contributed by atoms with Crippen LogP contribution in [0.4, 0.5) is 5.82 Å². The van der Waals surface area contributed by atoms with Gasteiger partial charge in [0.2, 0.25) is 0 Å². The van der Waals surface area contributed by atoms with Crippen molar-refractivity contribution in [2.24, 2.45) is 5.92 Å². The first-order chi connectivity index (χ1) is 9.81. The number of methoxy groups -OCH3 is 1. The van der Waals surface area contributed by atoms with Gasteiger partial charge >= 0.3 is 0 Å². The van der Waals surface area contributed by atoms with Gasteiger partial charge < -0.3 is 15.0 Å². The Balaban J connectivity index is 2.68. The molecular weight excluding hydrogens is 262 g/mol. The number of anilines is 1. The van der Waals surface area contributed by atoms with Crippen molar-refractivity contribution in [2.45, 2.75) is 46.7 Å². The van der Waals surface area contributed by atoms with Crippen molar-refractivity contribution in [3.05, 3.63) is 23.9 Å². The van der Waals surface area contributed by atoms with Crippen molar-refractivity contribution < 1.29 is 4.74 Å². The van der Waals surface area contributed by atoms with E-state index in [1.54, 1.807) is 7.11 Å². The monoisotopic (exact) mass is 293 g/mol. The molecule has 4 nitrogen and oxygen atoms in total. The summed E-state index contributed by atoms with van der Waals surface area (Å²) in [6.45, 7) is 14.4. The van der Waals surface area contributed by atoms with Crippen LogP contribution in [-0.2, 0) is 11.3 Å². The number of pyridine rings is 1. The minimum atomic E-state index is 0.126. The highest BCUT2D eigenvalue weighted by atomic mass is 16.5. The van der Waals surface area contributed by atoms with E-state index in [-0.39, 0.29) is 5.54 Å². The molecule has 0 fully saturated rings. The standard InChI is InChI=1S/C17H31N3O/c1-14(2)13-20(9-10-21-6)16-8-7-15(11-18-16)12-19-17(3,4)5/h7-8,11,14,19H,9-10,12-13H2,1-6H3. The number of nitrogens with zero attached hydrogens (tertiary/aromatic N) is 2. The number of aromatic nitrogens is 1. The summed E-state index contributed by atoms with van der Waals surface area (Å²) in [5.41, 5.74) is 1.34. The molecule has 0 atom stereocenters. The van der Waals surface area contributed by atoms with Gasteiger partial charge in [-0.1, -0.05) is 19.9 Å². The molecule has 1 aromatic heterocycles. The van der Waals surface area contributed by atoms with E-state index in [9.17, 15) is 0 Å². The van der Waals surface area contributed by atoms with Crippen LogP contribution in [0.3, 0.4) is 0 Å². The summed E-state index contributed by atoms with van der Waals surface area (Å²) in [6.07, 6.45) is 1.97. The highest BCUT2D eigenvalue weighted by Gasteiger charge is 2.11. The zero-order valence-corrected chi connectivity index (χ0v) is 14.4. The van der Waals surface area contributed by atoms with E-state index < -0.39 is 0 Å². The quantitative estimate of drug-likeness (QED) is 0.799. The van der Waals surface area contributed by atoms with E-state index in [4.69, 9.17) is 4.74 Å². The molecule has 0 saturated heterocycles. The van der Waals surface area contributed by atoms with Gasteiger partial charge in [-0.15, -0.1) is 0 Å². The molecule has 0 aliphatic carbocycles. The van der Waals surface area contributed by atoms with Gasteiger partial charge in [-0.2, -0.15) is 0 Å². The molecule has 0 bridgehead atoms. The molecule has 0 amide bonds. The smallest absolute Gasteiger partial charge is 0.128 e. The van der Waals surface area contributed by atoms with Crippen molar-refractivity contribution in [1.82, 2.24) is 10.3 Å². The van der Waals surface area contributed by atoms with E-state index in [2.05, 4.69) is 62.0 Å². The number of rotatable bonds is 8. The van der Waals surface area contributed by atoms with E-state index in [0.29, 0.717) is 5.92 Å². The van der Waals surface area contributed by atoms with Crippen LogP contribution in [0.5, 0.6) is 0 Å². The third-order valence-electron chi connectivity index (χ3n) is 3.11. The van der Waals surface area contributed by atoms with E-state index in [0.717, 1.165) is 32.1 Å². The highest BCUT2D eigenvalue weighted by Crippen LogP contribution is 2.14. The van der Waals surface area contributed by atoms with Gasteiger partial charge in [-0.25, -0.2) is 4.98 Å². The zero-order chi connectivity index (χ0) is 15.9. The molecule has 0 aliphatic rings. The van der Waals surface area contributed by atoms with Crippen LogP contribution in [0.25, 0.3) is 0 Å². The molecule has 0 spiro atoms. The van der Waals surface area contributed by atoms with Crippen molar-refractivity contribution in [2.75, 3.05) is 31.7 Å². The SMILES string of the molecule is COCCN(CC(C)C)c1ccc(CNC(C)(C)C)cn1. The second-order valence-corrected chi connectivity index (χ2v) is 6.96. The normalized spacial score (nSPS) is 12.0. The van der Waals surface area contributed by atoms with Gasteiger partial charge in [0, 0.05) is 38.5 Å². The van der Waals surface area contributed by atoms with Crippen LogP contribution in [0.15, 0.2) is 18.3 Å². The van der Waals surface area contributed by atoms with E-state index >= 15 is 0 Å². The Labute approximate surface area is 129 Å². The maximum atomic E-state index is 5.20. The van der Waals surface area contributed by atoms with Crippen LogP contribution < -0.4 is 10.2 Å². The minimum absolute atomic E-state index is 0.126. The van der Waals surface area contributed by atoms with Gasteiger partial charge in [0.05, 0.1) is 6.61 Å². The number of ether oxygens (including phenoxy) is 1. The molecule has 0 aromatic carbocycles. The third kappa shape index (κ3) is 7.44. The maximum Gasteiger partial charge on any atom is 0.128 e. The molecule has 0 aliphatic heterocycles. The third-order valence-corrected chi connectivity index (χ3v) is 3.11. The van der Waals surface area contributed by atoms with E-state index in [1.807, 2.05) is 6.20 Å². The van der Waals surface area contributed by atoms with Gasteiger partial charge in [0.25, 0.3) is 0 Å². The Kier molecular flexibility index (Phi) is 7.12. The topological polar surface area (TPSA) is 37.4 Å². The Morgan fingerprint density at radius 2 is 2.00 bits per heavy atom. The van der Waals surface area contributed by atoms with Crippen LogP contribution >= 0.6 is 0 Å². The van der Waals surface area contributed by atoms with Gasteiger partial charge in [0.15, 0.2) is 0 Å². The lowest BCUT2D eigenvalue weighted by Crippen LogP contribution is -2.35. The molecule has 1 N–H and O–H groups in total. The Hall–Kier alpha value is -1.13. The van der Waals surface area contributed by atoms with Crippen LogP contribution in [0, 0.1) is 5.92 Å². The molecular formula is C17H31N3O. The number of hydrogen-bond donors (Lipinski definition) is 1. The molecule has 1 rings (SSSR count). The second kappa shape index (κ2) is 8.35. The first kappa shape index (κ1) is 17.9. The predicted octanol–water partition coefficient (Wildman–Crippen LogP) is 3.08. The zero-order valence-electron chi connectivity index (χ0n) is 14.4. The summed E-state index contributed by atoms with van der Waals surface area (Å²) >= 11 is 0. The summed E-state index contributed by atoms with van der Waals surface area (Å²) in [7, 11) is 1.74. The van der Waals surface area contributed by atoms with Crippen LogP contribution in [0.2, 0.25) is 0 Å². The Morgan fingerprint density at radius 1 is 1.29 bits per heavy atom. The molecule has 0 unspecified atom stereocenters. The fourth-order valence-corrected chi connectivity index (χ4v) is 2.02. The van der Waals surface area contributed by atoms with Gasteiger partial charge in [0.1, 0.15) is 5.82 Å². The molecule has 4 heteroatoms. The molecule has 120 valence electrons. The molecule has 1 heterocycles. The number of nitrogens with one attached hydrogen (secondary N) is 1. The molecule has 0 saturated carbocycles. The van der Waals surface area contributed by atoms with Crippen LogP contribution in [0.1, 0.15) is 40.2 Å². The van der Waals surface area contributed by atoms with Crippen molar-refractivity contribution in [3.8, 4) is 0 Å².